The molecule has 0 spiro atoms. The van der Waals surface area contributed by atoms with Crippen LogP contribution in [0.4, 0.5) is 0 Å². The normalized spacial score (nSPS) is 13.8. The number of hydrogen-bond acceptors (Lipinski definition) is 7. The number of carbonyl (C=O) groups is 1. The van der Waals surface area contributed by atoms with Crippen molar-refractivity contribution < 1.29 is 35.1 Å². The minimum absolute atomic E-state index is 0.109. The van der Waals surface area contributed by atoms with E-state index in [-0.39, 0.29) is 17.9 Å². The minimum atomic E-state index is -1.46. The lowest BCUT2D eigenvalue weighted by Crippen LogP contribution is -2.29. The molecule has 0 saturated carbocycles. The predicted molar refractivity (Wildman–Crippen MR) is 63.5 cm³/mol. The van der Waals surface area contributed by atoms with Crippen molar-refractivity contribution in [3.05, 3.63) is 23.8 Å². The number of benzene rings is 1. The summed E-state index contributed by atoms with van der Waals surface area (Å²) >= 11 is 0. The molecule has 2 atom stereocenters. The first kappa shape index (κ1) is 15.2. The van der Waals surface area contributed by atoms with Crippen molar-refractivity contribution >= 4 is 5.97 Å². The molecule has 0 fully saturated rings. The summed E-state index contributed by atoms with van der Waals surface area (Å²) in [7, 11) is 0. The molecular formula is C12H16O7. The summed E-state index contributed by atoms with van der Waals surface area (Å²) in [5.74, 6) is -1.60. The average Bonchev–Trinajstić information content (AvgIpc) is 2.39. The molecule has 1 aromatic rings. The van der Waals surface area contributed by atoms with Gasteiger partial charge in [0.1, 0.15) is 12.7 Å². The smallest absolute Gasteiger partial charge is 0.335 e. The van der Waals surface area contributed by atoms with Crippen LogP contribution >= 0.6 is 0 Å². The van der Waals surface area contributed by atoms with E-state index in [2.05, 4.69) is 4.74 Å². The number of aromatic hydroxyl groups is 2. The van der Waals surface area contributed by atoms with Crippen LogP contribution in [-0.2, 0) is 16.0 Å². The van der Waals surface area contributed by atoms with E-state index in [1.807, 2.05) is 0 Å². The minimum Gasteiger partial charge on any atom is -0.504 e. The number of ether oxygens (including phenoxy) is 1. The molecule has 0 unspecified atom stereocenters. The number of aliphatic hydroxyl groups excluding tert-OH is 3. The summed E-state index contributed by atoms with van der Waals surface area (Å²) < 4.78 is 4.57. The summed E-state index contributed by atoms with van der Waals surface area (Å²) in [5, 5.41) is 45.4. The molecule has 0 radical (unpaired) electrons. The van der Waals surface area contributed by atoms with E-state index in [0.29, 0.717) is 5.56 Å². The zero-order valence-corrected chi connectivity index (χ0v) is 10.1. The van der Waals surface area contributed by atoms with Crippen LogP contribution in [0.1, 0.15) is 5.56 Å². The fraction of sp³-hybridized carbons (Fsp3) is 0.417. The molecule has 0 aliphatic rings. The molecule has 7 heteroatoms. The van der Waals surface area contributed by atoms with Crippen molar-refractivity contribution in [2.45, 2.75) is 18.6 Å². The monoisotopic (exact) mass is 272 g/mol. The third-order valence-electron chi connectivity index (χ3n) is 2.37. The molecule has 5 N–H and O–H groups in total. The molecule has 0 saturated heterocycles. The lowest BCUT2D eigenvalue weighted by molar-refractivity contribution is -0.157. The second kappa shape index (κ2) is 6.93. The van der Waals surface area contributed by atoms with E-state index >= 15 is 0 Å². The van der Waals surface area contributed by atoms with Gasteiger partial charge in [-0.2, -0.15) is 0 Å². The largest absolute Gasteiger partial charge is 0.504 e. The van der Waals surface area contributed by atoms with Crippen LogP contribution < -0.4 is 0 Å². The number of rotatable bonds is 6. The highest BCUT2D eigenvalue weighted by Gasteiger charge is 2.19. The summed E-state index contributed by atoms with van der Waals surface area (Å²) in [5.41, 5.74) is 0.433. The van der Waals surface area contributed by atoms with Crippen molar-refractivity contribution in [1.82, 2.24) is 0 Å². The van der Waals surface area contributed by atoms with Crippen LogP contribution in [0.2, 0.25) is 0 Å². The molecule has 0 aromatic heterocycles. The Hall–Kier alpha value is -1.83. The fourth-order valence-electron chi connectivity index (χ4n) is 1.33. The highest BCUT2D eigenvalue weighted by Crippen LogP contribution is 2.25. The number of carbonyl (C=O) groups excluding carboxylic acids is 1. The van der Waals surface area contributed by atoms with Crippen LogP contribution in [0.5, 0.6) is 11.5 Å². The summed E-state index contributed by atoms with van der Waals surface area (Å²) in [4.78, 5) is 11.3. The van der Waals surface area contributed by atoms with E-state index in [9.17, 15) is 15.0 Å². The van der Waals surface area contributed by atoms with Crippen LogP contribution in [0.25, 0.3) is 0 Å². The Labute approximate surface area is 109 Å². The molecule has 0 heterocycles. The highest BCUT2D eigenvalue weighted by molar-refractivity contribution is 5.74. The van der Waals surface area contributed by atoms with Crippen molar-refractivity contribution in [2.75, 3.05) is 13.2 Å². The van der Waals surface area contributed by atoms with E-state index in [0.717, 1.165) is 0 Å². The van der Waals surface area contributed by atoms with Crippen LogP contribution in [-0.4, -0.2) is 56.9 Å². The summed E-state index contributed by atoms with van der Waals surface area (Å²) in [6.45, 7) is -0.956. The third-order valence-corrected chi connectivity index (χ3v) is 2.37. The predicted octanol–water partition coefficient (Wildman–Crippen LogP) is -1.10. The first-order chi connectivity index (χ1) is 8.93. The summed E-state index contributed by atoms with van der Waals surface area (Å²) in [6, 6.07) is 3.89. The Bertz CT molecular complexity index is 432. The third kappa shape index (κ3) is 4.74. The van der Waals surface area contributed by atoms with Gasteiger partial charge in [0.15, 0.2) is 17.6 Å². The van der Waals surface area contributed by atoms with E-state index in [1.165, 1.54) is 18.2 Å². The molecule has 1 rings (SSSR count). The second-order valence-electron chi connectivity index (χ2n) is 4.01. The molecular weight excluding hydrogens is 256 g/mol. The van der Waals surface area contributed by atoms with Crippen molar-refractivity contribution in [3.8, 4) is 11.5 Å². The number of esters is 1. The Morgan fingerprint density at radius 1 is 1.21 bits per heavy atom. The first-order valence-corrected chi connectivity index (χ1v) is 5.58. The zero-order chi connectivity index (χ0) is 14.4. The Balaban J connectivity index is 2.51. The fourth-order valence-corrected chi connectivity index (χ4v) is 1.33. The average molecular weight is 272 g/mol. The Morgan fingerprint density at radius 3 is 2.47 bits per heavy atom. The quantitative estimate of drug-likeness (QED) is 0.328. The highest BCUT2D eigenvalue weighted by atomic mass is 16.6. The molecule has 19 heavy (non-hydrogen) atoms. The SMILES string of the molecule is O=C(OC[C@@H](O)CO)[C@H](O)Cc1ccc(O)c(O)c1. The van der Waals surface area contributed by atoms with Gasteiger partial charge < -0.3 is 30.3 Å². The van der Waals surface area contributed by atoms with Gasteiger partial charge in [-0.1, -0.05) is 6.07 Å². The number of phenolic OH excluding ortho intramolecular Hbond substituents is 2. The standard InChI is InChI=1S/C12H16O7/c13-5-8(14)6-19-12(18)11(17)4-7-1-2-9(15)10(16)3-7/h1-3,8,11,13-17H,4-6H2/t8-,11+/m0/s1. The van der Waals surface area contributed by atoms with Gasteiger partial charge in [0.2, 0.25) is 0 Å². The van der Waals surface area contributed by atoms with Gasteiger partial charge >= 0.3 is 5.97 Å². The zero-order valence-electron chi connectivity index (χ0n) is 10.1. The molecule has 0 bridgehead atoms. The number of phenols is 2. The Kier molecular flexibility index (Phi) is 5.56. The molecule has 106 valence electrons. The van der Waals surface area contributed by atoms with Crippen molar-refractivity contribution in [3.63, 3.8) is 0 Å². The molecule has 0 aliphatic heterocycles. The maximum atomic E-state index is 11.3. The van der Waals surface area contributed by atoms with E-state index < -0.39 is 31.4 Å². The maximum absolute atomic E-state index is 11.3. The van der Waals surface area contributed by atoms with Gasteiger partial charge in [-0.3, -0.25) is 0 Å². The van der Waals surface area contributed by atoms with Crippen LogP contribution in [0.15, 0.2) is 18.2 Å². The van der Waals surface area contributed by atoms with Crippen LogP contribution in [0.3, 0.4) is 0 Å². The lowest BCUT2D eigenvalue weighted by Gasteiger charge is -2.13. The molecule has 0 amide bonds. The van der Waals surface area contributed by atoms with Gasteiger partial charge in [0.25, 0.3) is 0 Å². The van der Waals surface area contributed by atoms with Gasteiger partial charge in [0, 0.05) is 6.42 Å². The lowest BCUT2D eigenvalue weighted by atomic mass is 10.1. The van der Waals surface area contributed by atoms with E-state index in [1.54, 1.807) is 0 Å². The summed E-state index contributed by atoms with van der Waals surface area (Å²) in [6.07, 6.45) is -2.76. The first-order valence-electron chi connectivity index (χ1n) is 5.58. The molecule has 7 nitrogen and oxygen atoms in total. The number of aliphatic hydroxyl groups is 3. The second-order valence-corrected chi connectivity index (χ2v) is 4.01. The maximum Gasteiger partial charge on any atom is 0.335 e. The topological polar surface area (TPSA) is 127 Å². The molecule has 0 aliphatic carbocycles. The van der Waals surface area contributed by atoms with Gasteiger partial charge in [-0.05, 0) is 17.7 Å². The van der Waals surface area contributed by atoms with Crippen molar-refractivity contribution in [2.24, 2.45) is 0 Å². The Morgan fingerprint density at radius 2 is 1.89 bits per heavy atom. The number of hydrogen-bond donors (Lipinski definition) is 5. The van der Waals surface area contributed by atoms with Gasteiger partial charge in [0.05, 0.1) is 6.61 Å². The molecule has 1 aromatic carbocycles. The van der Waals surface area contributed by atoms with Crippen molar-refractivity contribution in [1.29, 1.82) is 0 Å². The van der Waals surface area contributed by atoms with Gasteiger partial charge in [-0.25, -0.2) is 4.79 Å². The van der Waals surface area contributed by atoms with Crippen LogP contribution in [0, 0.1) is 0 Å². The van der Waals surface area contributed by atoms with Gasteiger partial charge in [-0.15, -0.1) is 0 Å². The van der Waals surface area contributed by atoms with E-state index in [4.69, 9.17) is 15.3 Å².